The molecule has 0 unspecified atom stereocenters. The second-order valence-electron chi connectivity index (χ2n) is 5.80. The fraction of sp³-hybridized carbons (Fsp3) is 0.235. The van der Waals surface area contributed by atoms with Crippen LogP contribution in [0.3, 0.4) is 0 Å². The molecule has 0 bridgehead atoms. The van der Waals surface area contributed by atoms with Gasteiger partial charge in [-0.05, 0) is 54.1 Å². The molecule has 3 rings (SSSR count). The van der Waals surface area contributed by atoms with Gasteiger partial charge in [0.25, 0.3) is 5.56 Å². The Labute approximate surface area is 148 Å². The highest BCUT2D eigenvalue weighted by molar-refractivity contribution is 5.90. The van der Waals surface area contributed by atoms with Crippen molar-refractivity contribution in [2.24, 2.45) is 0 Å². The average molecular weight is 354 g/mol. The third kappa shape index (κ3) is 4.12. The number of aromatic hydroxyl groups is 1. The van der Waals surface area contributed by atoms with Crippen LogP contribution in [0, 0.1) is 6.92 Å². The van der Waals surface area contributed by atoms with Crippen LogP contribution in [0.1, 0.15) is 18.5 Å². The summed E-state index contributed by atoms with van der Waals surface area (Å²) in [5, 5.41) is 23.1. The molecule has 0 aliphatic carbocycles. The van der Waals surface area contributed by atoms with Crippen molar-refractivity contribution in [1.29, 1.82) is 0 Å². The van der Waals surface area contributed by atoms with Crippen molar-refractivity contribution in [3.63, 3.8) is 0 Å². The van der Waals surface area contributed by atoms with Gasteiger partial charge >= 0.3 is 0 Å². The van der Waals surface area contributed by atoms with Crippen LogP contribution in [-0.4, -0.2) is 35.8 Å². The van der Waals surface area contributed by atoms with Gasteiger partial charge in [0, 0.05) is 30.4 Å². The zero-order valence-corrected chi connectivity index (χ0v) is 14.2. The molecule has 0 aliphatic rings. The second kappa shape index (κ2) is 7.60. The number of nitrogens with zero attached hydrogens (tertiary/aromatic N) is 5. The minimum atomic E-state index is -0.277. The molecule has 0 saturated heterocycles. The monoisotopic (exact) mass is 354 g/mol. The number of aryl methyl sites for hydroxylation is 1. The Morgan fingerprint density at radius 3 is 2.65 bits per heavy atom. The fourth-order valence-electron chi connectivity index (χ4n) is 2.60. The van der Waals surface area contributed by atoms with Crippen molar-refractivity contribution in [2.45, 2.75) is 26.3 Å². The molecule has 0 atom stereocenters. The molecule has 2 heterocycles. The summed E-state index contributed by atoms with van der Waals surface area (Å²) in [7, 11) is 0. The van der Waals surface area contributed by atoms with E-state index in [9.17, 15) is 14.7 Å². The van der Waals surface area contributed by atoms with Gasteiger partial charge in [-0.1, -0.05) is 0 Å². The Kier molecular flexibility index (Phi) is 5.07. The predicted molar refractivity (Wildman–Crippen MR) is 94.1 cm³/mol. The van der Waals surface area contributed by atoms with Crippen LogP contribution in [-0.2, 0) is 11.3 Å². The summed E-state index contributed by atoms with van der Waals surface area (Å²) in [6, 6.07) is 9.82. The van der Waals surface area contributed by atoms with Crippen molar-refractivity contribution in [2.75, 3.05) is 5.32 Å². The molecular formula is C17H18N6O3. The third-order valence-corrected chi connectivity index (χ3v) is 3.87. The Hall–Kier alpha value is -3.49. The van der Waals surface area contributed by atoms with E-state index in [0.717, 1.165) is 5.69 Å². The summed E-state index contributed by atoms with van der Waals surface area (Å²) in [5.74, 6) is -0.184. The maximum absolute atomic E-state index is 12.1. The van der Waals surface area contributed by atoms with Crippen LogP contribution in [0.4, 0.5) is 5.69 Å². The molecule has 0 fully saturated rings. The van der Waals surface area contributed by atoms with Crippen molar-refractivity contribution in [3.8, 4) is 11.4 Å². The Morgan fingerprint density at radius 1 is 1.23 bits per heavy atom. The summed E-state index contributed by atoms with van der Waals surface area (Å²) >= 11 is 0. The van der Waals surface area contributed by atoms with Gasteiger partial charge in [0.05, 0.1) is 5.69 Å². The number of tetrazole rings is 1. The van der Waals surface area contributed by atoms with E-state index in [4.69, 9.17) is 0 Å². The van der Waals surface area contributed by atoms with E-state index in [1.807, 2.05) is 0 Å². The van der Waals surface area contributed by atoms with Gasteiger partial charge < -0.3 is 15.0 Å². The van der Waals surface area contributed by atoms with E-state index in [2.05, 4.69) is 20.8 Å². The van der Waals surface area contributed by atoms with Crippen molar-refractivity contribution >= 4 is 11.6 Å². The van der Waals surface area contributed by atoms with Gasteiger partial charge in [0.2, 0.25) is 5.91 Å². The lowest BCUT2D eigenvalue weighted by Crippen LogP contribution is -2.22. The molecule has 3 aromatic rings. The van der Waals surface area contributed by atoms with Crippen LogP contribution in [0.5, 0.6) is 5.75 Å². The highest BCUT2D eigenvalue weighted by atomic mass is 16.3. The first-order valence-corrected chi connectivity index (χ1v) is 8.06. The number of aromatic nitrogens is 5. The Bertz CT molecular complexity index is 948. The molecule has 134 valence electrons. The molecule has 9 heteroatoms. The Balaban J connectivity index is 1.52. The molecule has 0 aliphatic heterocycles. The molecule has 26 heavy (non-hydrogen) atoms. The van der Waals surface area contributed by atoms with E-state index in [-0.39, 0.29) is 23.6 Å². The number of hydrogen-bond donors (Lipinski definition) is 2. The molecule has 9 nitrogen and oxygen atoms in total. The van der Waals surface area contributed by atoms with Crippen LogP contribution in [0.15, 0.2) is 47.5 Å². The van der Waals surface area contributed by atoms with Gasteiger partial charge in [-0.25, -0.2) is 4.68 Å². The number of rotatable bonds is 6. The van der Waals surface area contributed by atoms with Crippen LogP contribution >= 0.6 is 0 Å². The zero-order valence-electron chi connectivity index (χ0n) is 14.2. The smallest absolute Gasteiger partial charge is 0.254 e. The SMILES string of the molecule is Cc1cc(O)cc(=O)n1CCCC(=O)Nc1ccc(-n2cnnn2)cc1. The maximum atomic E-state index is 12.1. The number of hydrogen-bond acceptors (Lipinski definition) is 6. The van der Waals surface area contributed by atoms with E-state index >= 15 is 0 Å². The minimum Gasteiger partial charge on any atom is -0.508 e. The molecule has 0 radical (unpaired) electrons. The maximum Gasteiger partial charge on any atom is 0.254 e. The van der Waals surface area contributed by atoms with Crippen LogP contribution < -0.4 is 10.9 Å². The second-order valence-corrected chi connectivity index (χ2v) is 5.80. The number of benzene rings is 1. The van der Waals surface area contributed by atoms with E-state index in [1.54, 1.807) is 31.2 Å². The molecule has 0 saturated carbocycles. The lowest BCUT2D eigenvalue weighted by molar-refractivity contribution is -0.116. The van der Waals surface area contributed by atoms with E-state index in [0.29, 0.717) is 24.3 Å². The van der Waals surface area contributed by atoms with Crippen molar-refractivity contribution < 1.29 is 9.90 Å². The van der Waals surface area contributed by atoms with Crippen molar-refractivity contribution in [1.82, 2.24) is 24.8 Å². The number of carbonyl (C=O) groups is 1. The first kappa shape index (κ1) is 17.3. The van der Waals surface area contributed by atoms with Crippen LogP contribution in [0.25, 0.3) is 5.69 Å². The van der Waals surface area contributed by atoms with Gasteiger partial charge in [-0.2, -0.15) is 0 Å². The highest BCUT2D eigenvalue weighted by Crippen LogP contribution is 2.13. The predicted octanol–water partition coefficient (Wildman–Crippen LogP) is 1.26. The van der Waals surface area contributed by atoms with Crippen molar-refractivity contribution in [3.05, 3.63) is 58.8 Å². The van der Waals surface area contributed by atoms with Gasteiger partial charge in [0.1, 0.15) is 12.1 Å². The number of carbonyl (C=O) groups excluding carboxylic acids is 1. The topological polar surface area (TPSA) is 115 Å². The third-order valence-electron chi connectivity index (χ3n) is 3.87. The number of anilines is 1. The molecular weight excluding hydrogens is 336 g/mol. The zero-order chi connectivity index (χ0) is 18.5. The number of nitrogens with one attached hydrogen (secondary N) is 1. The largest absolute Gasteiger partial charge is 0.508 e. The van der Waals surface area contributed by atoms with E-state index < -0.39 is 0 Å². The van der Waals surface area contributed by atoms with Gasteiger partial charge in [-0.3, -0.25) is 9.59 Å². The lowest BCUT2D eigenvalue weighted by Gasteiger charge is -2.10. The number of amides is 1. The Morgan fingerprint density at radius 2 is 2.00 bits per heavy atom. The summed E-state index contributed by atoms with van der Waals surface area (Å²) in [5.41, 5.74) is 1.84. The summed E-state index contributed by atoms with van der Waals surface area (Å²) in [6.45, 7) is 2.16. The molecule has 1 aromatic carbocycles. The molecule has 2 aromatic heterocycles. The minimum absolute atomic E-state index is 0.0494. The quantitative estimate of drug-likeness (QED) is 0.688. The normalized spacial score (nSPS) is 10.7. The van der Waals surface area contributed by atoms with Crippen LogP contribution in [0.2, 0.25) is 0 Å². The summed E-state index contributed by atoms with van der Waals surface area (Å²) in [4.78, 5) is 23.9. The molecule has 0 spiro atoms. The van der Waals surface area contributed by atoms with Gasteiger partial charge in [0.15, 0.2) is 0 Å². The van der Waals surface area contributed by atoms with E-state index in [1.165, 1.54) is 27.7 Å². The lowest BCUT2D eigenvalue weighted by atomic mass is 10.2. The summed E-state index contributed by atoms with van der Waals surface area (Å²) < 4.78 is 3.05. The number of pyridine rings is 1. The average Bonchev–Trinajstić information content (AvgIpc) is 3.12. The molecule has 1 amide bonds. The molecule has 2 N–H and O–H groups in total. The fourth-order valence-corrected chi connectivity index (χ4v) is 2.60. The summed E-state index contributed by atoms with van der Waals surface area (Å²) in [6.07, 6.45) is 2.28. The highest BCUT2D eigenvalue weighted by Gasteiger charge is 2.06. The standard InChI is InChI=1S/C17H18N6O3/c1-12-9-15(24)10-17(26)22(12)8-2-3-16(25)19-13-4-6-14(7-5-13)23-11-18-20-21-23/h4-7,9-11,24H,2-3,8H2,1H3,(H,19,25). The first-order chi connectivity index (χ1) is 12.5. The first-order valence-electron chi connectivity index (χ1n) is 8.06. The van der Waals surface area contributed by atoms with Gasteiger partial charge in [-0.15, -0.1) is 5.10 Å².